The van der Waals surface area contributed by atoms with E-state index in [1.165, 1.54) is 18.2 Å². The molecular formula is C17H24N2O4. The number of aromatic hydroxyl groups is 2. The van der Waals surface area contributed by atoms with Crippen LogP contribution in [0.3, 0.4) is 0 Å². The SMILES string of the molecule is CC(C)CC(=O)NC1CCN(C(=O)c2cc(O)cc(O)c2)CC1. The molecule has 126 valence electrons. The van der Waals surface area contributed by atoms with Crippen LogP contribution in [0.25, 0.3) is 0 Å². The molecule has 1 aliphatic heterocycles. The van der Waals surface area contributed by atoms with Crippen molar-refractivity contribution in [2.45, 2.75) is 39.2 Å². The Hall–Kier alpha value is -2.24. The maximum atomic E-state index is 12.4. The molecule has 0 atom stereocenters. The maximum Gasteiger partial charge on any atom is 0.254 e. The number of phenols is 2. The van der Waals surface area contributed by atoms with E-state index in [4.69, 9.17) is 0 Å². The molecule has 0 aliphatic carbocycles. The first kappa shape index (κ1) is 17.1. The van der Waals surface area contributed by atoms with Crippen LogP contribution in [0.1, 0.15) is 43.5 Å². The summed E-state index contributed by atoms with van der Waals surface area (Å²) < 4.78 is 0. The topological polar surface area (TPSA) is 89.9 Å². The molecule has 0 radical (unpaired) electrons. The van der Waals surface area contributed by atoms with Gasteiger partial charge in [0.15, 0.2) is 0 Å². The van der Waals surface area contributed by atoms with E-state index in [1.807, 2.05) is 13.8 Å². The molecule has 2 amide bonds. The molecule has 1 heterocycles. The number of hydrogen-bond donors (Lipinski definition) is 3. The average molecular weight is 320 g/mol. The molecule has 0 saturated carbocycles. The molecule has 0 spiro atoms. The van der Waals surface area contributed by atoms with Gasteiger partial charge in [0.25, 0.3) is 5.91 Å². The minimum atomic E-state index is -0.219. The van der Waals surface area contributed by atoms with Crippen LogP contribution in [0.5, 0.6) is 11.5 Å². The molecule has 2 rings (SSSR count). The van der Waals surface area contributed by atoms with Gasteiger partial charge in [-0.3, -0.25) is 9.59 Å². The van der Waals surface area contributed by atoms with Crippen molar-refractivity contribution in [1.82, 2.24) is 10.2 Å². The molecule has 6 heteroatoms. The summed E-state index contributed by atoms with van der Waals surface area (Å²) in [5.74, 6) is -0.102. The molecule has 3 N–H and O–H groups in total. The van der Waals surface area contributed by atoms with Gasteiger partial charge in [-0.25, -0.2) is 0 Å². The Morgan fingerprint density at radius 2 is 1.74 bits per heavy atom. The van der Waals surface area contributed by atoms with Gasteiger partial charge in [-0.2, -0.15) is 0 Å². The van der Waals surface area contributed by atoms with Crippen molar-refractivity contribution in [1.29, 1.82) is 0 Å². The average Bonchev–Trinajstić information content (AvgIpc) is 2.45. The quantitative estimate of drug-likeness (QED) is 0.790. The molecule has 1 aromatic carbocycles. The lowest BCUT2D eigenvalue weighted by molar-refractivity contribution is -0.122. The summed E-state index contributed by atoms with van der Waals surface area (Å²) in [5.41, 5.74) is 0.268. The number of likely N-dealkylation sites (tertiary alicyclic amines) is 1. The molecule has 1 saturated heterocycles. The van der Waals surface area contributed by atoms with Gasteiger partial charge in [-0.05, 0) is 30.9 Å². The van der Waals surface area contributed by atoms with Gasteiger partial charge in [-0.15, -0.1) is 0 Å². The van der Waals surface area contributed by atoms with Crippen LogP contribution >= 0.6 is 0 Å². The number of amides is 2. The number of carbonyl (C=O) groups excluding carboxylic acids is 2. The summed E-state index contributed by atoms with van der Waals surface area (Å²) in [4.78, 5) is 25.9. The first-order valence-corrected chi connectivity index (χ1v) is 7.97. The van der Waals surface area contributed by atoms with Gasteiger partial charge < -0.3 is 20.4 Å². The van der Waals surface area contributed by atoms with Gasteiger partial charge in [0.2, 0.25) is 5.91 Å². The lowest BCUT2D eigenvalue weighted by Crippen LogP contribution is -2.46. The van der Waals surface area contributed by atoms with Crippen molar-refractivity contribution < 1.29 is 19.8 Å². The molecule has 0 aromatic heterocycles. The zero-order valence-corrected chi connectivity index (χ0v) is 13.6. The van der Waals surface area contributed by atoms with Crippen molar-refractivity contribution >= 4 is 11.8 Å². The number of hydrogen-bond acceptors (Lipinski definition) is 4. The van der Waals surface area contributed by atoms with Crippen molar-refractivity contribution in [3.05, 3.63) is 23.8 Å². The van der Waals surface area contributed by atoms with Gasteiger partial charge >= 0.3 is 0 Å². The largest absolute Gasteiger partial charge is 0.508 e. The van der Waals surface area contributed by atoms with E-state index in [0.717, 1.165) is 0 Å². The van der Waals surface area contributed by atoms with Crippen LogP contribution in [0, 0.1) is 5.92 Å². The highest BCUT2D eigenvalue weighted by Gasteiger charge is 2.25. The number of rotatable bonds is 4. The summed E-state index contributed by atoms with van der Waals surface area (Å²) >= 11 is 0. The van der Waals surface area contributed by atoms with Crippen LogP contribution in [0.15, 0.2) is 18.2 Å². The van der Waals surface area contributed by atoms with Gasteiger partial charge in [0.05, 0.1) is 0 Å². The number of phenolic OH excluding ortho intramolecular Hbond substituents is 2. The highest BCUT2D eigenvalue weighted by atomic mass is 16.3. The first-order chi connectivity index (χ1) is 10.8. The van der Waals surface area contributed by atoms with Crippen molar-refractivity contribution in [2.24, 2.45) is 5.92 Å². The van der Waals surface area contributed by atoms with E-state index in [0.29, 0.717) is 38.3 Å². The van der Waals surface area contributed by atoms with E-state index in [2.05, 4.69) is 5.32 Å². The van der Waals surface area contributed by atoms with Crippen molar-refractivity contribution in [3.8, 4) is 11.5 Å². The molecule has 0 unspecified atom stereocenters. The third-order valence-corrected chi connectivity index (χ3v) is 3.89. The second kappa shape index (κ2) is 7.35. The van der Waals surface area contributed by atoms with E-state index >= 15 is 0 Å². The number of carbonyl (C=O) groups is 2. The van der Waals surface area contributed by atoms with E-state index in [-0.39, 0.29) is 34.9 Å². The van der Waals surface area contributed by atoms with Crippen LogP contribution in [0.4, 0.5) is 0 Å². The minimum absolute atomic E-state index is 0.0580. The third kappa shape index (κ3) is 4.87. The lowest BCUT2D eigenvalue weighted by atomic mass is 10.0. The Bertz CT molecular complexity index is 558. The minimum Gasteiger partial charge on any atom is -0.508 e. The van der Waals surface area contributed by atoms with Gasteiger partial charge in [0.1, 0.15) is 11.5 Å². The number of piperidine rings is 1. The number of nitrogens with zero attached hydrogens (tertiary/aromatic N) is 1. The Labute approximate surface area is 136 Å². The molecule has 1 fully saturated rings. The summed E-state index contributed by atoms with van der Waals surface area (Å²) in [6, 6.07) is 3.98. The first-order valence-electron chi connectivity index (χ1n) is 7.97. The fraction of sp³-hybridized carbons (Fsp3) is 0.529. The van der Waals surface area contributed by atoms with Gasteiger partial charge in [-0.1, -0.05) is 13.8 Å². The Morgan fingerprint density at radius 1 is 1.17 bits per heavy atom. The predicted molar refractivity (Wildman–Crippen MR) is 86.3 cm³/mol. The van der Waals surface area contributed by atoms with Crippen LogP contribution in [0.2, 0.25) is 0 Å². The Balaban J connectivity index is 1.88. The lowest BCUT2D eigenvalue weighted by Gasteiger charge is -2.32. The van der Waals surface area contributed by atoms with Crippen molar-refractivity contribution in [2.75, 3.05) is 13.1 Å². The zero-order valence-electron chi connectivity index (χ0n) is 13.6. The normalized spacial score (nSPS) is 15.7. The second-order valence-corrected chi connectivity index (χ2v) is 6.47. The van der Waals surface area contributed by atoms with Crippen LogP contribution in [-0.2, 0) is 4.79 Å². The molecule has 23 heavy (non-hydrogen) atoms. The van der Waals surface area contributed by atoms with Crippen molar-refractivity contribution in [3.63, 3.8) is 0 Å². The molecule has 6 nitrogen and oxygen atoms in total. The Morgan fingerprint density at radius 3 is 2.26 bits per heavy atom. The van der Waals surface area contributed by atoms with Crippen LogP contribution < -0.4 is 5.32 Å². The summed E-state index contributed by atoms with van der Waals surface area (Å²) in [6.07, 6.45) is 1.93. The monoisotopic (exact) mass is 320 g/mol. The predicted octanol–water partition coefficient (Wildman–Crippen LogP) is 1.86. The highest BCUT2D eigenvalue weighted by molar-refractivity contribution is 5.95. The molecule has 1 aromatic rings. The number of benzene rings is 1. The molecule has 1 aliphatic rings. The van der Waals surface area contributed by atoms with Gasteiger partial charge in [0, 0.05) is 37.2 Å². The smallest absolute Gasteiger partial charge is 0.254 e. The summed E-state index contributed by atoms with van der Waals surface area (Å²) in [6.45, 7) is 5.10. The molecule has 0 bridgehead atoms. The molecular weight excluding hydrogens is 296 g/mol. The van der Waals surface area contributed by atoms with E-state index in [9.17, 15) is 19.8 Å². The standard InChI is InChI=1S/C17H24N2O4/c1-11(2)7-16(22)18-13-3-5-19(6-4-13)17(23)12-8-14(20)10-15(21)9-12/h8-11,13,20-21H,3-7H2,1-2H3,(H,18,22). The van der Waals surface area contributed by atoms with Crippen LogP contribution in [-0.4, -0.2) is 46.1 Å². The fourth-order valence-electron chi connectivity index (χ4n) is 2.79. The highest BCUT2D eigenvalue weighted by Crippen LogP contribution is 2.22. The summed E-state index contributed by atoms with van der Waals surface area (Å²) in [5, 5.41) is 22.0. The third-order valence-electron chi connectivity index (χ3n) is 3.89. The number of nitrogens with one attached hydrogen (secondary N) is 1. The maximum absolute atomic E-state index is 12.4. The fourth-order valence-corrected chi connectivity index (χ4v) is 2.79. The summed E-state index contributed by atoms with van der Waals surface area (Å²) in [7, 11) is 0. The second-order valence-electron chi connectivity index (χ2n) is 6.47. The zero-order chi connectivity index (χ0) is 17.0. The van der Waals surface area contributed by atoms with E-state index in [1.54, 1.807) is 4.90 Å². The van der Waals surface area contributed by atoms with E-state index < -0.39 is 0 Å². The Kier molecular flexibility index (Phi) is 5.47.